The van der Waals surface area contributed by atoms with Gasteiger partial charge in [0, 0.05) is 13.1 Å². The van der Waals surface area contributed by atoms with E-state index < -0.39 is 12.1 Å². The van der Waals surface area contributed by atoms with E-state index in [0.717, 1.165) is 5.56 Å². The van der Waals surface area contributed by atoms with Gasteiger partial charge in [0.2, 0.25) is 0 Å². The molecule has 2 rings (SSSR count). The number of aryl methyl sites for hydroxylation is 1. The molecule has 0 spiro atoms. The van der Waals surface area contributed by atoms with E-state index in [1.807, 2.05) is 31.2 Å². The Morgan fingerprint density at radius 3 is 2.52 bits per heavy atom. The second-order valence-electron chi connectivity index (χ2n) is 5.48. The Morgan fingerprint density at radius 1 is 1.22 bits per heavy atom. The number of hydrogen-bond donors (Lipinski definition) is 0. The summed E-state index contributed by atoms with van der Waals surface area (Å²) < 4.78 is 15.8. The van der Waals surface area contributed by atoms with Gasteiger partial charge in [0.1, 0.15) is 5.75 Å². The Morgan fingerprint density at radius 2 is 1.87 bits per heavy atom. The molecule has 6 nitrogen and oxygen atoms in total. The Hall–Kier alpha value is -2.08. The summed E-state index contributed by atoms with van der Waals surface area (Å²) in [5, 5.41) is 0. The normalized spacial score (nSPS) is 15.8. The summed E-state index contributed by atoms with van der Waals surface area (Å²) in [7, 11) is 0. The van der Waals surface area contributed by atoms with Crippen LogP contribution in [0.15, 0.2) is 24.3 Å². The lowest BCUT2D eigenvalue weighted by molar-refractivity contribution is -0.161. The van der Waals surface area contributed by atoms with Crippen molar-refractivity contribution in [2.24, 2.45) is 0 Å². The average Bonchev–Trinajstić information content (AvgIpc) is 2.56. The molecule has 1 aliphatic rings. The number of rotatable bonds is 6. The van der Waals surface area contributed by atoms with E-state index in [1.165, 1.54) is 0 Å². The van der Waals surface area contributed by atoms with E-state index in [4.69, 9.17) is 14.2 Å². The second-order valence-corrected chi connectivity index (χ2v) is 5.48. The van der Waals surface area contributed by atoms with E-state index in [1.54, 1.807) is 11.8 Å². The minimum atomic E-state index is -0.778. The van der Waals surface area contributed by atoms with Gasteiger partial charge in [-0.25, -0.2) is 0 Å². The van der Waals surface area contributed by atoms with E-state index in [2.05, 4.69) is 0 Å². The van der Waals surface area contributed by atoms with Gasteiger partial charge in [0.05, 0.1) is 26.2 Å². The predicted molar refractivity (Wildman–Crippen MR) is 84.2 cm³/mol. The monoisotopic (exact) mass is 321 g/mol. The summed E-state index contributed by atoms with van der Waals surface area (Å²) in [6, 6.07) is 7.59. The molecule has 1 aromatic carbocycles. The van der Waals surface area contributed by atoms with Gasteiger partial charge in [-0.2, -0.15) is 0 Å². The van der Waals surface area contributed by atoms with Crippen LogP contribution in [0.25, 0.3) is 0 Å². The molecule has 6 heteroatoms. The molecule has 1 fully saturated rings. The molecule has 1 heterocycles. The highest BCUT2D eigenvalue weighted by molar-refractivity contribution is 5.83. The summed E-state index contributed by atoms with van der Waals surface area (Å²) in [4.78, 5) is 25.6. The van der Waals surface area contributed by atoms with Crippen LogP contribution in [0.2, 0.25) is 0 Å². The van der Waals surface area contributed by atoms with E-state index in [-0.39, 0.29) is 18.9 Å². The second kappa shape index (κ2) is 8.53. The fourth-order valence-corrected chi connectivity index (χ4v) is 2.23. The van der Waals surface area contributed by atoms with Crippen molar-refractivity contribution < 1.29 is 23.8 Å². The fraction of sp³-hybridized carbons (Fsp3) is 0.529. The number of benzene rings is 1. The van der Waals surface area contributed by atoms with Crippen LogP contribution in [0.4, 0.5) is 0 Å². The van der Waals surface area contributed by atoms with Gasteiger partial charge in [0.15, 0.2) is 6.10 Å². The van der Waals surface area contributed by atoms with Crippen LogP contribution < -0.4 is 4.74 Å². The molecule has 126 valence electrons. The zero-order valence-electron chi connectivity index (χ0n) is 13.6. The smallest absolute Gasteiger partial charge is 0.310 e. The van der Waals surface area contributed by atoms with E-state index in [9.17, 15) is 9.59 Å². The molecule has 0 radical (unpaired) electrons. The molecule has 1 atom stereocenters. The van der Waals surface area contributed by atoms with Gasteiger partial charge in [-0.15, -0.1) is 0 Å². The van der Waals surface area contributed by atoms with Gasteiger partial charge in [-0.05, 0) is 26.0 Å². The predicted octanol–water partition coefficient (Wildman–Crippen LogP) is 1.55. The highest BCUT2D eigenvalue weighted by atomic mass is 16.6. The van der Waals surface area contributed by atoms with Crippen molar-refractivity contribution in [1.82, 2.24) is 4.90 Å². The summed E-state index contributed by atoms with van der Waals surface area (Å²) in [6.45, 7) is 5.94. The van der Waals surface area contributed by atoms with Crippen molar-refractivity contribution in [3.63, 3.8) is 0 Å². The number of ether oxygens (including phenoxy) is 3. The molecule has 1 aliphatic heterocycles. The molecule has 0 aliphatic carbocycles. The first-order valence-corrected chi connectivity index (χ1v) is 7.82. The molecule has 1 unspecified atom stereocenters. The summed E-state index contributed by atoms with van der Waals surface area (Å²) >= 11 is 0. The highest BCUT2D eigenvalue weighted by Crippen LogP contribution is 2.12. The summed E-state index contributed by atoms with van der Waals surface area (Å²) in [5.41, 5.74) is 1.15. The van der Waals surface area contributed by atoms with E-state index >= 15 is 0 Å². The zero-order valence-corrected chi connectivity index (χ0v) is 13.6. The number of carbonyl (C=O) groups excluding carboxylic acids is 2. The fourth-order valence-electron chi connectivity index (χ4n) is 2.23. The Bertz CT molecular complexity index is 522. The van der Waals surface area contributed by atoms with Gasteiger partial charge in [0.25, 0.3) is 5.91 Å². The maximum atomic E-state index is 12.1. The Labute approximate surface area is 136 Å². The van der Waals surface area contributed by atoms with Crippen molar-refractivity contribution in [2.45, 2.75) is 26.4 Å². The van der Waals surface area contributed by atoms with Gasteiger partial charge in [-0.1, -0.05) is 17.7 Å². The first-order chi connectivity index (χ1) is 11.1. The van der Waals surface area contributed by atoms with Crippen LogP contribution in [-0.2, 0) is 19.1 Å². The molecule has 1 aromatic rings. The minimum Gasteiger partial charge on any atom is -0.493 e. The molecule has 0 bridgehead atoms. The van der Waals surface area contributed by atoms with Gasteiger partial charge < -0.3 is 19.1 Å². The first kappa shape index (κ1) is 17.3. The molecule has 0 N–H and O–H groups in total. The lowest BCUT2D eigenvalue weighted by atomic mass is 10.2. The number of nitrogens with zero attached hydrogens (tertiary/aromatic N) is 1. The number of hydrogen-bond acceptors (Lipinski definition) is 5. The third-order valence-corrected chi connectivity index (χ3v) is 3.57. The van der Waals surface area contributed by atoms with Crippen molar-refractivity contribution >= 4 is 11.9 Å². The van der Waals surface area contributed by atoms with Crippen molar-refractivity contribution in [3.05, 3.63) is 29.8 Å². The summed E-state index contributed by atoms with van der Waals surface area (Å²) in [6.07, 6.45) is -0.672. The minimum absolute atomic E-state index is 0.106. The molecular weight excluding hydrogens is 298 g/mol. The number of amides is 1. The Kier molecular flexibility index (Phi) is 6.40. The standard InChI is InChI=1S/C17H23NO5/c1-13-3-5-15(6-4-13)22-10-7-16(19)23-14(2)17(20)18-8-11-21-12-9-18/h3-6,14H,7-12H2,1-2H3. The molecule has 0 aromatic heterocycles. The maximum absolute atomic E-state index is 12.1. The van der Waals surface area contributed by atoms with Crippen molar-refractivity contribution in [2.75, 3.05) is 32.9 Å². The number of carbonyl (C=O) groups is 2. The quantitative estimate of drug-likeness (QED) is 0.744. The summed E-state index contributed by atoms with van der Waals surface area (Å²) in [5.74, 6) is 0.0909. The lowest BCUT2D eigenvalue weighted by Gasteiger charge is -2.28. The van der Waals surface area contributed by atoms with Crippen LogP contribution in [-0.4, -0.2) is 55.8 Å². The molecular formula is C17H23NO5. The molecule has 23 heavy (non-hydrogen) atoms. The zero-order chi connectivity index (χ0) is 16.7. The van der Waals surface area contributed by atoms with Crippen LogP contribution in [0, 0.1) is 6.92 Å². The number of esters is 1. The Balaban J connectivity index is 1.69. The third-order valence-electron chi connectivity index (χ3n) is 3.57. The van der Waals surface area contributed by atoms with Crippen molar-refractivity contribution in [3.8, 4) is 5.75 Å². The molecule has 1 saturated heterocycles. The topological polar surface area (TPSA) is 65.1 Å². The third kappa shape index (κ3) is 5.56. The van der Waals surface area contributed by atoms with Crippen LogP contribution in [0.5, 0.6) is 5.75 Å². The van der Waals surface area contributed by atoms with Crippen LogP contribution >= 0.6 is 0 Å². The van der Waals surface area contributed by atoms with Gasteiger partial charge >= 0.3 is 5.97 Å². The van der Waals surface area contributed by atoms with Crippen molar-refractivity contribution in [1.29, 1.82) is 0 Å². The van der Waals surface area contributed by atoms with Crippen LogP contribution in [0.3, 0.4) is 0 Å². The highest BCUT2D eigenvalue weighted by Gasteiger charge is 2.25. The van der Waals surface area contributed by atoms with Gasteiger partial charge in [-0.3, -0.25) is 9.59 Å². The first-order valence-electron chi connectivity index (χ1n) is 7.82. The molecule has 0 saturated carbocycles. The lowest BCUT2D eigenvalue weighted by Crippen LogP contribution is -2.46. The maximum Gasteiger partial charge on any atom is 0.310 e. The largest absolute Gasteiger partial charge is 0.493 e. The van der Waals surface area contributed by atoms with Crippen LogP contribution in [0.1, 0.15) is 18.9 Å². The average molecular weight is 321 g/mol. The van der Waals surface area contributed by atoms with E-state index in [0.29, 0.717) is 32.1 Å². The number of morpholine rings is 1. The SMILES string of the molecule is Cc1ccc(OCCC(=O)OC(C)C(=O)N2CCOCC2)cc1. The molecule has 1 amide bonds.